The van der Waals surface area contributed by atoms with Crippen LogP contribution in [0, 0.1) is 0 Å². The predicted octanol–water partition coefficient (Wildman–Crippen LogP) is -0.250. The molecule has 1 aliphatic heterocycles. The van der Waals surface area contributed by atoms with Gasteiger partial charge in [0.05, 0.1) is 0 Å². The Hall–Kier alpha value is 0.503. The summed E-state index contributed by atoms with van der Waals surface area (Å²) < 4.78 is 3.38. The van der Waals surface area contributed by atoms with Gasteiger partial charge in [-0.3, -0.25) is 0 Å². The van der Waals surface area contributed by atoms with Gasteiger partial charge < -0.3 is 0 Å². The zero-order valence-corrected chi connectivity index (χ0v) is 5.62. The molecule has 1 rings (SSSR count). The fourth-order valence-corrected chi connectivity index (χ4v) is 2.65. The summed E-state index contributed by atoms with van der Waals surface area (Å²) in [7, 11) is 0. The van der Waals surface area contributed by atoms with Crippen molar-refractivity contribution in [1.82, 2.24) is 4.27 Å². The Morgan fingerprint density at radius 3 is 2.80 bits per heavy atom. The zero-order chi connectivity index (χ0) is 3.54. The molecule has 0 aliphatic carbocycles. The van der Waals surface area contributed by atoms with Gasteiger partial charge in [-0.25, -0.2) is 0 Å². The van der Waals surface area contributed by atoms with Crippen molar-refractivity contribution in [1.29, 1.82) is 0 Å². The van der Waals surface area contributed by atoms with Gasteiger partial charge in [-0.15, -0.1) is 0 Å². The maximum absolute atomic E-state index is 3.38. The first kappa shape index (κ1) is 3.68. The first-order chi connectivity index (χ1) is 2.50. The molecule has 1 fully saturated rings. The fourth-order valence-electron chi connectivity index (χ4n) is 0.510. The molecule has 0 amide bonds. The van der Waals surface area contributed by atoms with Crippen LogP contribution in [0.3, 0.4) is 0 Å². The van der Waals surface area contributed by atoms with Crippen LogP contribution in [-0.4, -0.2) is 22.2 Å². The van der Waals surface area contributed by atoms with Crippen molar-refractivity contribution >= 4 is 15.7 Å². The van der Waals surface area contributed by atoms with Crippen LogP contribution in [0.1, 0.15) is 6.42 Å². The van der Waals surface area contributed by atoms with E-state index in [1.165, 1.54) is 13.0 Å². The van der Waals surface area contributed by atoms with Crippen molar-refractivity contribution in [3.05, 3.63) is 0 Å². The summed E-state index contributed by atoms with van der Waals surface area (Å²) >= 11 is 0.174. The van der Waals surface area contributed by atoms with Gasteiger partial charge in [-0.1, -0.05) is 0 Å². The quantitative estimate of drug-likeness (QED) is 0.446. The molecular weight excluding hydrogens is 123 g/mol. The molecule has 0 aromatic carbocycles. The summed E-state index contributed by atoms with van der Waals surface area (Å²) in [6.45, 7) is 1.32. The first-order valence-corrected chi connectivity index (χ1v) is 4.97. The number of hydrogen-bond donors (Lipinski definition) is 1. The second kappa shape index (κ2) is 1.82. The van der Waals surface area contributed by atoms with Gasteiger partial charge in [0.15, 0.2) is 0 Å². The summed E-state index contributed by atoms with van der Waals surface area (Å²) in [4.78, 5) is 0. The van der Waals surface area contributed by atoms with E-state index in [9.17, 15) is 0 Å². The molecule has 1 nitrogen and oxygen atoms in total. The molecule has 0 spiro atoms. The standard InChI is InChI=1S/C3H8GeN/c1-2-4-5-3-1/h4-5H,1-3H2. The number of nitrogens with one attached hydrogen (secondary N) is 1. The zero-order valence-electron chi connectivity index (χ0n) is 3.20. The number of rotatable bonds is 0. The summed E-state index contributed by atoms with van der Waals surface area (Å²) in [5.74, 6) is 0. The molecule has 5 heavy (non-hydrogen) atoms. The third-order valence-electron chi connectivity index (χ3n) is 0.814. The van der Waals surface area contributed by atoms with Crippen LogP contribution >= 0.6 is 0 Å². The normalized spacial score (nSPS) is 24.0. The van der Waals surface area contributed by atoms with Gasteiger partial charge in [0.2, 0.25) is 0 Å². The molecule has 2 heteroatoms. The van der Waals surface area contributed by atoms with E-state index in [1.54, 1.807) is 5.25 Å². The van der Waals surface area contributed by atoms with Gasteiger partial charge >= 0.3 is 38.1 Å². The van der Waals surface area contributed by atoms with E-state index < -0.39 is 0 Å². The Balaban J connectivity index is 2.08. The topological polar surface area (TPSA) is 12.0 Å². The SMILES string of the molecule is C1C[NH][GeH][CH2]1. The molecule has 1 heterocycles. The molecule has 29 valence electrons. The molecule has 1 saturated heterocycles. The molecule has 1 radical (unpaired) electrons. The average Bonchev–Trinajstić information content (AvgIpc) is 1.76. The van der Waals surface area contributed by atoms with Crippen LogP contribution < -0.4 is 4.27 Å². The Morgan fingerprint density at radius 1 is 1.60 bits per heavy atom. The fraction of sp³-hybridized carbons (Fsp3) is 1.00. The van der Waals surface area contributed by atoms with Crippen LogP contribution in [-0.2, 0) is 0 Å². The summed E-state index contributed by atoms with van der Waals surface area (Å²) in [5, 5.41) is 1.55. The third kappa shape index (κ3) is 0.932. The van der Waals surface area contributed by atoms with E-state index in [0.29, 0.717) is 0 Å². The van der Waals surface area contributed by atoms with E-state index >= 15 is 0 Å². The monoisotopic (exact) mass is 132 g/mol. The Labute approximate surface area is 38.8 Å². The van der Waals surface area contributed by atoms with Gasteiger partial charge in [0, 0.05) is 0 Å². The predicted molar refractivity (Wildman–Crippen MR) is 24.6 cm³/mol. The van der Waals surface area contributed by atoms with Gasteiger partial charge in [0.25, 0.3) is 0 Å². The van der Waals surface area contributed by atoms with Gasteiger partial charge in [-0.05, 0) is 0 Å². The van der Waals surface area contributed by atoms with Crippen LogP contribution in [0.4, 0.5) is 0 Å². The Morgan fingerprint density at radius 2 is 2.60 bits per heavy atom. The summed E-state index contributed by atoms with van der Waals surface area (Å²) in [5.41, 5.74) is 0. The van der Waals surface area contributed by atoms with Gasteiger partial charge in [-0.2, -0.15) is 0 Å². The van der Waals surface area contributed by atoms with Crippen LogP contribution in [0.5, 0.6) is 0 Å². The second-order valence-corrected chi connectivity index (χ2v) is 4.22. The molecular formula is C3H8GeN. The van der Waals surface area contributed by atoms with E-state index in [-0.39, 0.29) is 15.7 Å². The van der Waals surface area contributed by atoms with Crippen molar-refractivity contribution in [2.45, 2.75) is 11.7 Å². The first-order valence-electron chi connectivity index (χ1n) is 2.05. The van der Waals surface area contributed by atoms with E-state index in [4.69, 9.17) is 0 Å². The molecule has 1 N–H and O–H groups in total. The summed E-state index contributed by atoms with van der Waals surface area (Å²) in [6.07, 6.45) is 1.46. The van der Waals surface area contributed by atoms with Crippen molar-refractivity contribution in [2.75, 3.05) is 6.54 Å². The molecule has 0 unspecified atom stereocenters. The molecule has 0 bridgehead atoms. The van der Waals surface area contributed by atoms with Crippen molar-refractivity contribution in [2.24, 2.45) is 0 Å². The van der Waals surface area contributed by atoms with E-state index in [2.05, 4.69) is 4.27 Å². The Bertz CT molecular complexity index is 18.5. The van der Waals surface area contributed by atoms with Crippen molar-refractivity contribution < 1.29 is 0 Å². The van der Waals surface area contributed by atoms with Crippen molar-refractivity contribution in [3.63, 3.8) is 0 Å². The van der Waals surface area contributed by atoms with Crippen molar-refractivity contribution in [3.8, 4) is 0 Å². The van der Waals surface area contributed by atoms with Crippen LogP contribution in [0.15, 0.2) is 0 Å². The second-order valence-electron chi connectivity index (χ2n) is 1.30. The minimum atomic E-state index is 0.174. The molecule has 0 aromatic rings. The third-order valence-corrected chi connectivity index (χ3v) is 3.49. The average molecular weight is 131 g/mol. The van der Waals surface area contributed by atoms with Gasteiger partial charge in [0.1, 0.15) is 0 Å². The Kier molecular flexibility index (Phi) is 1.34. The molecule has 0 atom stereocenters. The van der Waals surface area contributed by atoms with Crippen LogP contribution in [0.25, 0.3) is 0 Å². The van der Waals surface area contributed by atoms with E-state index in [0.717, 1.165) is 0 Å². The molecule has 0 saturated carbocycles. The van der Waals surface area contributed by atoms with E-state index in [1.807, 2.05) is 0 Å². The van der Waals surface area contributed by atoms with Crippen LogP contribution in [0.2, 0.25) is 5.25 Å². The molecule has 0 aromatic heterocycles. The minimum absolute atomic E-state index is 0.174. The molecule has 1 aliphatic rings. The number of hydrogen-bond acceptors (Lipinski definition) is 1. The maximum atomic E-state index is 3.38. The summed E-state index contributed by atoms with van der Waals surface area (Å²) in [6, 6.07) is 0.